The molecule has 1 aromatic carbocycles. The zero-order chi connectivity index (χ0) is 15.7. The van der Waals surface area contributed by atoms with Crippen LogP contribution in [0, 0.1) is 12.8 Å². The molecule has 5 heteroatoms. The fraction of sp³-hybridized carbons (Fsp3) is 0.353. The molecule has 3 rings (SSSR count). The Bertz CT molecular complexity index is 681. The van der Waals surface area contributed by atoms with Crippen molar-refractivity contribution in [1.82, 2.24) is 9.97 Å². The van der Waals surface area contributed by atoms with Crippen LogP contribution >= 0.6 is 0 Å². The summed E-state index contributed by atoms with van der Waals surface area (Å²) in [7, 11) is 0. The Balaban J connectivity index is 1.97. The van der Waals surface area contributed by atoms with E-state index in [9.17, 15) is 4.79 Å². The van der Waals surface area contributed by atoms with Crippen LogP contribution in [0.25, 0.3) is 0 Å². The van der Waals surface area contributed by atoms with Crippen molar-refractivity contribution in [2.75, 3.05) is 16.8 Å². The molecule has 0 spiro atoms. The predicted molar refractivity (Wildman–Crippen MR) is 87.1 cm³/mol. The second-order valence-corrected chi connectivity index (χ2v) is 5.97. The number of hydrogen-bond donors (Lipinski definition) is 1. The highest BCUT2D eigenvalue weighted by molar-refractivity contribution is 6.07. The lowest BCUT2D eigenvalue weighted by molar-refractivity contribution is 0.0978. The maximum atomic E-state index is 12.8. The molecule has 2 heterocycles. The van der Waals surface area contributed by atoms with Crippen molar-refractivity contribution in [3.8, 4) is 0 Å². The third-order valence-corrected chi connectivity index (χ3v) is 3.96. The molecule has 0 unspecified atom stereocenters. The van der Waals surface area contributed by atoms with Gasteiger partial charge in [-0.15, -0.1) is 0 Å². The van der Waals surface area contributed by atoms with Crippen molar-refractivity contribution in [1.29, 1.82) is 0 Å². The summed E-state index contributed by atoms with van der Waals surface area (Å²) in [4.78, 5) is 23.0. The normalized spacial score (nSPS) is 17.1. The van der Waals surface area contributed by atoms with Gasteiger partial charge in [0.25, 0.3) is 5.91 Å². The monoisotopic (exact) mass is 296 g/mol. The fourth-order valence-corrected chi connectivity index (χ4v) is 2.58. The Labute approximate surface area is 130 Å². The highest BCUT2D eigenvalue weighted by Crippen LogP contribution is 2.32. The number of nitrogens with one attached hydrogen (secondary N) is 1. The Morgan fingerprint density at radius 3 is 2.73 bits per heavy atom. The van der Waals surface area contributed by atoms with Gasteiger partial charge < -0.3 is 10.2 Å². The number of benzene rings is 1. The van der Waals surface area contributed by atoms with Gasteiger partial charge in [0, 0.05) is 18.8 Å². The number of para-hydroxylation sites is 2. The zero-order valence-corrected chi connectivity index (χ0v) is 13.1. The molecule has 0 saturated carbocycles. The van der Waals surface area contributed by atoms with E-state index in [1.165, 1.54) is 0 Å². The summed E-state index contributed by atoms with van der Waals surface area (Å²) in [5, 5.41) is 3.51. The van der Waals surface area contributed by atoms with Gasteiger partial charge in [0.2, 0.25) is 0 Å². The smallest absolute Gasteiger partial charge is 0.278 e. The van der Waals surface area contributed by atoms with E-state index in [0.29, 0.717) is 18.2 Å². The number of fused-ring (bicyclic) bond motifs is 1. The lowest BCUT2D eigenvalue weighted by Crippen LogP contribution is -2.47. The molecule has 1 amide bonds. The summed E-state index contributed by atoms with van der Waals surface area (Å²) in [6.07, 6.45) is 3.17. The number of aryl methyl sites for hydroxylation is 1. The Hall–Kier alpha value is -2.43. The summed E-state index contributed by atoms with van der Waals surface area (Å²) in [5.41, 5.74) is 3.06. The first kappa shape index (κ1) is 14.5. The number of nitrogens with zero attached hydrogens (tertiary/aromatic N) is 3. The van der Waals surface area contributed by atoms with Gasteiger partial charge >= 0.3 is 0 Å². The van der Waals surface area contributed by atoms with Gasteiger partial charge in [0.05, 0.1) is 23.3 Å². The van der Waals surface area contributed by atoms with Gasteiger partial charge in [-0.05, 0) is 25.0 Å². The molecule has 2 aromatic rings. The SMILES string of the molecule is Cc1cnc(C(=O)N2C[C@@H](C(C)C)Nc3ccccc32)cn1. The number of carbonyl (C=O) groups excluding carboxylic acids is 1. The maximum Gasteiger partial charge on any atom is 0.278 e. The molecule has 22 heavy (non-hydrogen) atoms. The molecule has 0 saturated heterocycles. The minimum absolute atomic E-state index is 0.105. The van der Waals surface area contributed by atoms with Crippen molar-refractivity contribution in [2.45, 2.75) is 26.8 Å². The molecule has 0 bridgehead atoms. The number of anilines is 2. The van der Waals surface area contributed by atoms with Crippen LogP contribution in [-0.4, -0.2) is 28.5 Å². The molecule has 1 aliphatic heterocycles. The van der Waals surface area contributed by atoms with Crippen LogP contribution in [0.1, 0.15) is 30.0 Å². The lowest BCUT2D eigenvalue weighted by Gasteiger charge is -2.37. The topological polar surface area (TPSA) is 58.1 Å². The van der Waals surface area contributed by atoms with Gasteiger partial charge in [0.15, 0.2) is 0 Å². The van der Waals surface area contributed by atoms with E-state index in [-0.39, 0.29) is 11.9 Å². The number of carbonyl (C=O) groups is 1. The van der Waals surface area contributed by atoms with Crippen molar-refractivity contribution in [3.05, 3.63) is 48.0 Å². The molecule has 5 nitrogen and oxygen atoms in total. The summed E-state index contributed by atoms with van der Waals surface area (Å²) in [5.74, 6) is 0.319. The van der Waals surface area contributed by atoms with Gasteiger partial charge in [0.1, 0.15) is 5.69 Å². The van der Waals surface area contributed by atoms with Crippen molar-refractivity contribution >= 4 is 17.3 Å². The molecule has 0 aliphatic carbocycles. The summed E-state index contributed by atoms with van der Waals surface area (Å²) < 4.78 is 0. The van der Waals surface area contributed by atoms with E-state index in [1.807, 2.05) is 31.2 Å². The molecule has 0 fully saturated rings. The van der Waals surface area contributed by atoms with Crippen LogP contribution in [0.5, 0.6) is 0 Å². The quantitative estimate of drug-likeness (QED) is 0.925. The summed E-state index contributed by atoms with van der Waals surface area (Å²) in [6, 6.07) is 8.10. The zero-order valence-electron chi connectivity index (χ0n) is 13.1. The number of amides is 1. The summed E-state index contributed by atoms with van der Waals surface area (Å²) >= 11 is 0. The molecule has 1 aliphatic rings. The minimum atomic E-state index is -0.105. The third-order valence-electron chi connectivity index (χ3n) is 3.96. The first-order valence-electron chi connectivity index (χ1n) is 7.52. The largest absolute Gasteiger partial charge is 0.379 e. The Morgan fingerprint density at radius 1 is 1.27 bits per heavy atom. The van der Waals surface area contributed by atoms with Gasteiger partial charge in [-0.1, -0.05) is 26.0 Å². The first-order valence-corrected chi connectivity index (χ1v) is 7.52. The minimum Gasteiger partial charge on any atom is -0.379 e. The van der Waals surface area contributed by atoms with Gasteiger partial charge in [-0.25, -0.2) is 4.98 Å². The second-order valence-electron chi connectivity index (χ2n) is 5.97. The Morgan fingerprint density at radius 2 is 2.05 bits per heavy atom. The molecule has 1 atom stereocenters. The molecular formula is C17H20N4O. The van der Waals surface area contributed by atoms with Gasteiger partial charge in [-0.2, -0.15) is 0 Å². The lowest BCUT2D eigenvalue weighted by atomic mass is 9.99. The van der Waals surface area contributed by atoms with Crippen LogP contribution in [-0.2, 0) is 0 Å². The molecule has 0 radical (unpaired) electrons. The van der Waals surface area contributed by atoms with Crippen molar-refractivity contribution < 1.29 is 4.79 Å². The van der Waals surface area contributed by atoms with Crippen LogP contribution < -0.4 is 10.2 Å². The van der Waals surface area contributed by atoms with E-state index in [4.69, 9.17) is 0 Å². The van der Waals surface area contributed by atoms with Crippen molar-refractivity contribution in [2.24, 2.45) is 5.92 Å². The molecular weight excluding hydrogens is 276 g/mol. The van der Waals surface area contributed by atoms with Crippen LogP contribution in [0.15, 0.2) is 36.7 Å². The summed E-state index contributed by atoms with van der Waals surface area (Å²) in [6.45, 7) is 6.79. The third kappa shape index (κ3) is 2.66. The van der Waals surface area contributed by atoms with E-state index < -0.39 is 0 Å². The van der Waals surface area contributed by atoms with Gasteiger partial charge in [-0.3, -0.25) is 9.78 Å². The average molecular weight is 296 g/mol. The molecule has 1 aromatic heterocycles. The van der Waals surface area contributed by atoms with E-state index in [1.54, 1.807) is 17.3 Å². The van der Waals surface area contributed by atoms with Crippen LogP contribution in [0.3, 0.4) is 0 Å². The Kier molecular flexibility index (Phi) is 3.79. The maximum absolute atomic E-state index is 12.8. The second kappa shape index (κ2) is 5.75. The van der Waals surface area contributed by atoms with Crippen LogP contribution in [0.4, 0.5) is 11.4 Å². The van der Waals surface area contributed by atoms with E-state index in [0.717, 1.165) is 17.1 Å². The van der Waals surface area contributed by atoms with Crippen LogP contribution in [0.2, 0.25) is 0 Å². The predicted octanol–water partition coefficient (Wildman–Crippen LogP) is 2.88. The molecule has 114 valence electrons. The van der Waals surface area contributed by atoms with E-state index in [2.05, 4.69) is 29.1 Å². The fourth-order valence-electron chi connectivity index (χ4n) is 2.58. The van der Waals surface area contributed by atoms with Crippen molar-refractivity contribution in [3.63, 3.8) is 0 Å². The number of aromatic nitrogens is 2. The first-order chi connectivity index (χ1) is 10.6. The van der Waals surface area contributed by atoms with E-state index >= 15 is 0 Å². The molecule has 1 N–H and O–H groups in total. The number of rotatable bonds is 2. The highest BCUT2D eigenvalue weighted by Gasteiger charge is 2.30. The average Bonchev–Trinajstić information content (AvgIpc) is 2.53. The standard InChI is InChI=1S/C17H20N4O/c1-11(2)15-10-21(16-7-5-4-6-13(16)20-15)17(22)14-9-18-12(3)8-19-14/h4-9,11,15,20H,10H2,1-3H3/t15-/m0/s1. The number of hydrogen-bond acceptors (Lipinski definition) is 4. The highest BCUT2D eigenvalue weighted by atomic mass is 16.2.